The van der Waals surface area contributed by atoms with Crippen molar-refractivity contribution < 1.29 is 18.4 Å². The van der Waals surface area contributed by atoms with Gasteiger partial charge in [-0.25, -0.2) is 9.59 Å². The lowest BCUT2D eigenvalue weighted by Crippen LogP contribution is -2.22. The highest BCUT2D eigenvalue weighted by Gasteiger charge is 2.21. The van der Waals surface area contributed by atoms with E-state index in [1.165, 1.54) is 19.2 Å². The molecule has 31 heavy (non-hydrogen) atoms. The van der Waals surface area contributed by atoms with Gasteiger partial charge in [-0.3, -0.25) is 4.79 Å². The molecule has 0 fully saturated rings. The molecule has 0 spiro atoms. The summed E-state index contributed by atoms with van der Waals surface area (Å²) in [6.45, 7) is 5.70. The second-order valence-corrected chi connectivity index (χ2v) is 7.02. The molecule has 0 unspecified atom stereocenters. The van der Waals surface area contributed by atoms with Gasteiger partial charge in [-0.05, 0) is 50.2 Å². The molecule has 4 aromatic rings. The Balaban J connectivity index is 1.79. The lowest BCUT2D eigenvalue weighted by molar-refractivity contribution is 0.103. The molecule has 0 saturated carbocycles. The van der Waals surface area contributed by atoms with Crippen molar-refractivity contribution in [1.29, 1.82) is 0 Å². The van der Waals surface area contributed by atoms with Crippen LogP contribution in [0.2, 0.25) is 0 Å². The fraction of sp³-hybridized carbons (Fsp3) is 0.208. The van der Waals surface area contributed by atoms with Crippen LogP contribution in [0.4, 0.5) is 5.69 Å². The van der Waals surface area contributed by atoms with Gasteiger partial charge in [0.2, 0.25) is 5.78 Å². The van der Waals surface area contributed by atoms with E-state index in [1.807, 2.05) is 19.9 Å². The van der Waals surface area contributed by atoms with Crippen LogP contribution in [0, 0.1) is 0 Å². The molecule has 0 atom stereocenters. The number of carbonyl (C=O) groups excluding carboxylic acids is 1. The molecule has 0 amide bonds. The first-order valence-electron chi connectivity index (χ1n) is 9.94. The van der Waals surface area contributed by atoms with Gasteiger partial charge in [0.1, 0.15) is 28.0 Å². The third-order valence-corrected chi connectivity index (χ3v) is 5.28. The van der Waals surface area contributed by atoms with E-state index in [0.29, 0.717) is 22.1 Å². The maximum Gasteiger partial charge on any atom is 0.347 e. The van der Waals surface area contributed by atoms with Gasteiger partial charge in [0, 0.05) is 41.7 Å². The van der Waals surface area contributed by atoms with E-state index in [2.05, 4.69) is 4.90 Å². The summed E-state index contributed by atoms with van der Waals surface area (Å²) in [6, 6.07) is 13.3. The first kappa shape index (κ1) is 20.4. The van der Waals surface area contributed by atoms with Crippen LogP contribution < -0.4 is 20.9 Å². The Bertz CT molecular complexity index is 1410. The van der Waals surface area contributed by atoms with Crippen LogP contribution >= 0.6 is 0 Å². The summed E-state index contributed by atoms with van der Waals surface area (Å²) in [4.78, 5) is 40.2. The maximum absolute atomic E-state index is 13.0. The monoisotopic (exact) mass is 419 g/mol. The average Bonchev–Trinajstić information content (AvgIpc) is 2.78. The number of rotatable bonds is 6. The van der Waals surface area contributed by atoms with Gasteiger partial charge < -0.3 is 18.5 Å². The Morgan fingerprint density at radius 1 is 0.839 bits per heavy atom. The second-order valence-electron chi connectivity index (χ2n) is 7.02. The molecule has 2 aromatic heterocycles. The molecular formula is C24H21NO6. The van der Waals surface area contributed by atoms with Crippen molar-refractivity contribution in [3.05, 3.63) is 80.5 Å². The largest absolute Gasteiger partial charge is 0.497 e. The maximum atomic E-state index is 13.0. The second kappa shape index (κ2) is 8.10. The van der Waals surface area contributed by atoms with Crippen LogP contribution in [0.5, 0.6) is 5.75 Å². The molecule has 2 heterocycles. The fourth-order valence-electron chi connectivity index (χ4n) is 3.57. The number of ketones is 1. The lowest BCUT2D eigenvalue weighted by Gasteiger charge is -2.20. The van der Waals surface area contributed by atoms with Gasteiger partial charge >= 0.3 is 11.3 Å². The highest BCUT2D eigenvalue weighted by atomic mass is 16.5. The molecule has 7 heteroatoms. The fourth-order valence-corrected chi connectivity index (χ4v) is 3.57. The van der Waals surface area contributed by atoms with E-state index in [9.17, 15) is 14.4 Å². The number of fused-ring (bicyclic) bond motifs is 2. The number of nitrogens with zero attached hydrogens (tertiary/aromatic N) is 1. The Kier molecular flexibility index (Phi) is 5.33. The van der Waals surface area contributed by atoms with Gasteiger partial charge in [-0.2, -0.15) is 0 Å². The minimum absolute atomic E-state index is 0.219. The number of hydrogen-bond acceptors (Lipinski definition) is 7. The zero-order valence-electron chi connectivity index (χ0n) is 17.4. The number of methoxy groups -OCH3 is 1. The molecule has 0 saturated heterocycles. The highest BCUT2D eigenvalue weighted by Crippen LogP contribution is 2.24. The van der Waals surface area contributed by atoms with Crippen molar-refractivity contribution >= 4 is 33.4 Å². The summed E-state index contributed by atoms with van der Waals surface area (Å²) >= 11 is 0. The topological polar surface area (TPSA) is 90.0 Å². The molecule has 0 aliphatic carbocycles. The molecule has 2 aromatic carbocycles. The number of hydrogen-bond donors (Lipinski definition) is 0. The Morgan fingerprint density at radius 2 is 1.39 bits per heavy atom. The van der Waals surface area contributed by atoms with Gasteiger partial charge in [0.25, 0.3) is 0 Å². The average molecular weight is 419 g/mol. The molecule has 0 radical (unpaired) electrons. The van der Waals surface area contributed by atoms with Crippen LogP contribution in [0.25, 0.3) is 21.9 Å². The van der Waals surface area contributed by atoms with Gasteiger partial charge in [0.05, 0.1) is 7.11 Å². The zero-order chi connectivity index (χ0) is 22.1. The quantitative estimate of drug-likeness (QED) is 0.345. The third kappa shape index (κ3) is 3.70. The van der Waals surface area contributed by atoms with E-state index >= 15 is 0 Å². The Labute approximate surface area is 177 Å². The Morgan fingerprint density at radius 3 is 1.94 bits per heavy atom. The first-order valence-corrected chi connectivity index (χ1v) is 9.94. The SMILES string of the molecule is CCN(CC)c1ccc2cc(C(=O)c3cc4ccc(OC)cc4oc3=O)c(=O)oc2c1. The zero-order valence-corrected chi connectivity index (χ0v) is 17.4. The van der Waals surface area contributed by atoms with E-state index in [1.54, 1.807) is 30.3 Å². The predicted molar refractivity (Wildman–Crippen MR) is 119 cm³/mol. The summed E-state index contributed by atoms with van der Waals surface area (Å²) in [5.41, 5.74) is -0.498. The van der Waals surface area contributed by atoms with Crippen molar-refractivity contribution in [3.63, 3.8) is 0 Å². The summed E-state index contributed by atoms with van der Waals surface area (Å²) < 4.78 is 15.8. The molecular weight excluding hydrogens is 398 g/mol. The van der Waals surface area contributed by atoms with Crippen molar-refractivity contribution in [2.75, 3.05) is 25.1 Å². The van der Waals surface area contributed by atoms with E-state index < -0.39 is 17.0 Å². The molecule has 0 aliphatic rings. The summed E-state index contributed by atoms with van der Waals surface area (Å²) in [7, 11) is 1.50. The van der Waals surface area contributed by atoms with Crippen molar-refractivity contribution in [2.24, 2.45) is 0 Å². The van der Waals surface area contributed by atoms with E-state index in [-0.39, 0.29) is 16.7 Å². The lowest BCUT2D eigenvalue weighted by atomic mass is 10.0. The Hall–Kier alpha value is -3.87. The molecule has 0 bridgehead atoms. The molecule has 0 N–H and O–H groups in total. The van der Waals surface area contributed by atoms with Crippen molar-refractivity contribution in [2.45, 2.75) is 13.8 Å². The molecule has 7 nitrogen and oxygen atoms in total. The minimum atomic E-state index is -0.831. The van der Waals surface area contributed by atoms with Crippen molar-refractivity contribution in [1.82, 2.24) is 0 Å². The van der Waals surface area contributed by atoms with Crippen LogP contribution in [-0.4, -0.2) is 26.0 Å². The van der Waals surface area contributed by atoms with E-state index in [0.717, 1.165) is 18.8 Å². The van der Waals surface area contributed by atoms with Crippen LogP contribution in [0.15, 0.2) is 67.0 Å². The van der Waals surface area contributed by atoms with Gasteiger partial charge in [-0.15, -0.1) is 0 Å². The minimum Gasteiger partial charge on any atom is -0.497 e. The standard InChI is InChI=1S/C24H21NO6/c1-4-25(5-2)16-8-6-14-10-18(23(27)30-20(14)12-16)22(26)19-11-15-7-9-17(29-3)13-21(15)31-24(19)28/h6-13H,4-5H2,1-3H3. The van der Waals surface area contributed by atoms with Crippen LogP contribution in [0.1, 0.15) is 29.8 Å². The highest BCUT2D eigenvalue weighted by molar-refractivity contribution is 6.10. The normalized spacial score (nSPS) is 11.1. The summed E-state index contributed by atoms with van der Waals surface area (Å²) in [5.74, 6) is -0.219. The number of carbonyl (C=O) groups is 1. The number of anilines is 1. The smallest absolute Gasteiger partial charge is 0.347 e. The predicted octanol–water partition coefficient (Wildman–Crippen LogP) is 3.99. The van der Waals surface area contributed by atoms with Crippen LogP contribution in [0.3, 0.4) is 0 Å². The van der Waals surface area contributed by atoms with Crippen LogP contribution in [-0.2, 0) is 0 Å². The summed E-state index contributed by atoms with van der Waals surface area (Å²) in [5, 5.41) is 1.13. The third-order valence-electron chi connectivity index (χ3n) is 5.28. The van der Waals surface area contributed by atoms with Gasteiger partial charge in [-0.1, -0.05) is 0 Å². The molecule has 0 aliphatic heterocycles. The number of benzene rings is 2. The number of ether oxygens (including phenoxy) is 1. The first-order chi connectivity index (χ1) is 14.9. The van der Waals surface area contributed by atoms with E-state index in [4.69, 9.17) is 13.6 Å². The van der Waals surface area contributed by atoms with Gasteiger partial charge in [0.15, 0.2) is 0 Å². The molecule has 158 valence electrons. The van der Waals surface area contributed by atoms with Crippen molar-refractivity contribution in [3.8, 4) is 5.75 Å². The summed E-state index contributed by atoms with van der Waals surface area (Å²) in [6.07, 6.45) is 0. The molecule has 4 rings (SSSR count).